The Morgan fingerprint density at radius 3 is 1.46 bits per heavy atom. The van der Waals surface area contributed by atoms with Crippen molar-refractivity contribution in [2.75, 3.05) is 0 Å². The number of hydrogen-bond donors (Lipinski definition) is 0. The zero-order valence-electron chi connectivity index (χ0n) is 22.6. The molecule has 0 bridgehead atoms. The van der Waals surface area contributed by atoms with Gasteiger partial charge in [-0.05, 0) is 104 Å². The van der Waals surface area contributed by atoms with E-state index in [1.165, 1.54) is 32.1 Å². The third kappa shape index (κ3) is 5.23. The first-order chi connectivity index (χ1) is 17.9. The number of rotatable bonds is 8. The van der Waals surface area contributed by atoms with E-state index in [2.05, 4.69) is 13.8 Å². The van der Waals surface area contributed by atoms with E-state index < -0.39 is 23.3 Å². The van der Waals surface area contributed by atoms with E-state index in [0.29, 0.717) is 40.5 Å². The van der Waals surface area contributed by atoms with Gasteiger partial charge in [0.15, 0.2) is 23.3 Å². The van der Waals surface area contributed by atoms with Crippen LogP contribution in [0.15, 0.2) is 12.1 Å². The highest BCUT2D eigenvalue weighted by Crippen LogP contribution is 2.48. The lowest BCUT2D eigenvalue weighted by Gasteiger charge is -2.29. The van der Waals surface area contributed by atoms with Crippen LogP contribution in [0.2, 0.25) is 0 Å². The molecule has 2 aromatic carbocycles. The van der Waals surface area contributed by atoms with Crippen molar-refractivity contribution in [3.05, 3.63) is 57.7 Å². The molecule has 0 saturated heterocycles. The van der Waals surface area contributed by atoms with Crippen molar-refractivity contribution < 1.29 is 17.6 Å². The Kier molecular flexibility index (Phi) is 8.31. The van der Waals surface area contributed by atoms with Crippen molar-refractivity contribution in [1.29, 1.82) is 0 Å². The van der Waals surface area contributed by atoms with Crippen molar-refractivity contribution in [2.24, 2.45) is 11.8 Å². The van der Waals surface area contributed by atoms with Crippen LogP contribution < -0.4 is 0 Å². The van der Waals surface area contributed by atoms with Gasteiger partial charge in [0, 0.05) is 11.1 Å². The summed E-state index contributed by atoms with van der Waals surface area (Å²) in [6, 6.07) is 3.53. The molecule has 0 aromatic heterocycles. The van der Waals surface area contributed by atoms with E-state index in [1.807, 2.05) is 0 Å². The minimum Gasteiger partial charge on any atom is -0.203 e. The van der Waals surface area contributed by atoms with E-state index in [4.69, 9.17) is 0 Å². The largest absolute Gasteiger partial charge is 0.203 e. The Bertz CT molecular complexity index is 1100. The average Bonchev–Trinajstić information content (AvgIpc) is 3.28. The molecule has 202 valence electrons. The molecule has 0 aliphatic heterocycles. The first-order valence-electron chi connectivity index (χ1n) is 14.9. The molecule has 0 amide bonds. The van der Waals surface area contributed by atoms with Crippen LogP contribution in [-0.4, -0.2) is 0 Å². The maximum absolute atomic E-state index is 15.5. The van der Waals surface area contributed by atoms with Crippen LogP contribution in [-0.2, 0) is 6.42 Å². The van der Waals surface area contributed by atoms with Gasteiger partial charge in [-0.3, -0.25) is 0 Å². The van der Waals surface area contributed by atoms with E-state index in [0.717, 1.165) is 57.8 Å². The summed E-state index contributed by atoms with van der Waals surface area (Å²) in [5.74, 6) is -2.36. The van der Waals surface area contributed by atoms with Crippen LogP contribution in [0.25, 0.3) is 11.1 Å². The maximum atomic E-state index is 15.5. The highest BCUT2D eigenvalue weighted by Gasteiger charge is 2.35. The predicted octanol–water partition coefficient (Wildman–Crippen LogP) is 10.7. The van der Waals surface area contributed by atoms with E-state index in [9.17, 15) is 0 Å². The summed E-state index contributed by atoms with van der Waals surface area (Å²) in [5.41, 5.74) is 1.97. The fourth-order valence-corrected chi connectivity index (χ4v) is 7.64. The number of benzene rings is 2. The lowest BCUT2D eigenvalue weighted by Crippen LogP contribution is -2.15. The molecule has 3 aliphatic carbocycles. The molecule has 5 rings (SSSR count). The summed E-state index contributed by atoms with van der Waals surface area (Å²) in [6.07, 6.45) is 15.3. The molecule has 0 spiro atoms. The molecule has 2 aromatic rings. The normalized spacial score (nSPS) is 25.2. The Hall–Kier alpha value is -1.84. The van der Waals surface area contributed by atoms with Crippen LogP contribution in [0, 0.1) is 35.1 Å². The van der Waals surface area contributed by atoms with Gasteiger partial charge in [0.25, 0.3) is 0 Å². The van der Waals surface area contributed by atoms with Gasteiger partial charge < -0.3 is 0 Å². The van der Waals surface area contributed by atoms with Crippen molar-refractivity contribution in [3.63, 3.8) is 0 Å². The van der Waals surface area contributed by atoms with Gasteiger partial charge in [0.1, 0.15) is 0 Å². The van der Waals surface area contributed by atoms with Crippen LogP contribution in [0.4, 0.5) is 17.6 Å². The van der Waals surface area contributed by atoms with Gasteiger partial charge >= 0.3 is 0 Å². The van der Waals surface area contributed by atoms with Gasteiger partial charge in [-0.2, -0.15) is 0 Å². The Balaban J connectivity index is 1.37. The van der Waals surface area contributed by atoms with Crippen LogP contribution in [0.5, 0.6) is 0 Å². The number of unbranched alkanes of at least 4 members (excludes halogenated alkanes) is 2. The second kappa shape index (κ2) is 11.5. The molecule has 0 N–H and O–H groups in total. The van der Waals surface area contributed by atoms with Gasteiger partial charge in [-0.25, -0.2) is 17.6 Å². The van der Waals surface area contributed by atoms with Gasteiger partial charge in [0.2, 0.25) is 0 Å². The summed E-state index contributed by atoms with van der Waals surface area (Å²) >= 11 is 0. The summed E-state index contributed by atoms with van der Waals surface area (Å²) < 4.78 is 61.7. The molecule has 3 aliphatic rings. The summed E-state index contributed by atoms with van der Waals surface area (Å²) in [5, 5.41) is 0. The SMILES string of the molecule is CCCCCC1CCC(c2cc3c(c(F)c2F)-c2c(cc(C4CCC(CCC)CC4)c(F)c2F)C3)CC1. The van der Waals surface area contributed by atoms with E-state index >= 15 is 17.6 Å². The lowest BCUT2D eigenvalue weighted by molar-refractivity contribution is 0.298. The first kappa shape index (κ1) is 26.8. The molecule has 0 radical (unpaired) electrons. The first-order valence-corrected chi connectivity index (χ1v) is 14.9. The molecule has 0 nitrogen and oxygen atoms in total. The summed E-state index contributed by atoms with van der Waals surface area (Å²) in [4.78, 5) is 0. The fourth-order valence-electron chi connectivity index (χ4n) is 7.64. The van der Waals surface area contributed by atoms with E-state index in [1.54, 1.807) is 12.1 Å². The third-order valence-electron chi connectivity index (χ3n) is 9.75. The molecular weight excluding hydrogens is 472 g/mol. The van der Waals surface area contributed by atoms with Gasteiger partial charge in [0.05, 0.1) is 0 Å². The maximum Gasteiger partial charge on any atom is 0.167 e. The topological polar surface area (TPSA) is 0 Å². The number of hydrogen-bond acceptors (Lipinski definition) is 0. The van der Waals surface area contributed by atoms with Crippen molar-refractivity contribution in [1.82, 2.24) is 0 Å². The van der Waals surface area contributed by atoms with Crippen LogP contribution in [0.1, 0.15) is 138 Å². The van der Waals surface area contributed by atoms with Crippen LogP contribution >= 0.6 is 0 Å². The zero-order valence-corrected chi connectivity index (χ0v) is 22.6. The van der Waals surface area contributed by atoms with Crippen molar-refractivity contribution in [3.8, 4) is 11.1 Å². The minimum atomic E-state index is -0.999. The predicted molar refractivity (Wildman–Crippen MR) is 143 cm³/mol. The molecule has 2 saturated carbocycles. The molecule has 0 unspecified atom stereocenters. The Morgan fingerprint density at radius 1 is 0.568 bits per heavy atom. The Morgan fingerprint density at radius 2 is 1.03 bits per heavy atom. The number of fused-ring (bicyclic) bond motifs is 3. The molecule has 2 fully saturated rings. The fraction of sp³-hybridized carbons (Fsp3) is 0.636. The molecule has 0 atom stereocenters. The van der Waals surface area contributed by atoms with E-state index in [-0.39, 0.29) is 23.0 Å². The average molecular weight is 515 g/mol. The van der Waals surface area contributed by atoms with Gasteiger partial charge in [-0.1, -0.05) is 64.5 Å². The second-order valence-corrected chi connectivity index (χ2v) is 12.2. The second-order valence-electron chi connectivity index (χ2n) is 12.2. The highest BCUT2D eigenvalue weighted by atomic mass is 19.2. The monoisotopic (exact) mass is 514 g/mol. The number of halogens is 4. The molecule has 37 heavy (non-hydrogen) atoms. The standard InChI is InChI=1S/C33H42F4/c1-3-5-6-8-21-11-15-23(16-12-21)27-19-25-17-24-18-26(22-13-9-20(7-4-2)10-14-22)30(34)32(36)28(24)29(25)33(37)31(27)35/h18-23H,3-17H2,1-2H3. The minimum absolute atomic E-state index is 0.00118. The zero-order chi connectivity index (χ0) is 26.1. The van der Waals surface area contributed by atoms with Crippen LogP contribution in [0.3, 0.4) is 0 Å². The summed E-state index contributed by atoms with van der Waals surface area (Å²) in [6.45, 7) is 4.40. The lowest BCUT2D eigenvalue weighted by atomic mass is 9.76. The Labute approximate surface area is 220 Å². The smallest absolute Gasteiger partial charge is 0.167 e. The summed E-state index contributed by atoms with van der Waals surface area (Å²) in [7, 11) is 0. The van der Waals surface area contributed by atoms with Crippen molar-refractivity contribution >= 4 is 0 Å². The third-order valence-corrected chi connectivity index (χ3v) is 9.75. The molecular formula is C33H42F4. The van der Waals surface area contributed by atoms with Gasteiger partial charge in [-0.15, -0.1) is 0 Å². The molecule has 4 heteroatoms. The highest BCUT2D eigenvalue weighted by molar-refractivity contribution is 5.79. The quantitative estimate of drug-likeness (QED) is 0.207. The van der Waals surface area contributed by atoms with Crippen molar-refractivity contribution in [2.45, 2.75) is 122 Å². The molecule has 0 heterocycles.